The summed E-state index contributed by atoms with van der Waals surface area (Å²) in [5.41, 5.74) is 0. The summed E-state index contributed by atoms with van der Waals surface area (Å²) in [5.74, 6) is 0.883. The SMILES string of the molecule is CCCP(=O)(OCC)SCCN(C(C)C)C(C)C. The lowest BCUT2D eigenvalue weighted by Crippen LogP contribution is -2.38. The molecule has 0 bridgehead atoms. The molecule has 0 aromatic heterocycles. The molecule has 0 rings (SSSR count). The molecule has 0 aliphatic rings. The molecule has 1 atom stereocenters. The summed E-state index contributed by atoms with van der Waals surface area (Å²) < 4.78 is 17.9. The Balaban J connectivity index is 4.24. The van der Waals surface area contributed by atoms with Crippen molar-refractivity contribution in [1.29, 1.82) is 0 Å². The summed E-state index contributed by atoms with van der Waals surface area (Å²) in [6, 6.07) is 1.06. The van der Waals surface area contributed by atoms with Gasteiger partial charge in [-0.1, -0.05) is 18.3 Å². The highest BCUT2D eigenvalue weighted by Crippen LogP contribution is 2.59. The Morgan fingerprint density at radius 1 is 1.17 bits per heavy atom. The lowest BCUT2D eigenvalue weighted by molar-refractivity contribution is 0.187. The average molecular weight is 295 g/mol. The molecule has 0 saturated heterocycles. The lowest BCUT2D eigenvalue weighted by atomic mass is 10.2. The van der Waals surface area contributed by atoms with Crippen molar-refractivity contribution in [3.63, 3.8) is 0 Å². The van der Waals surface area contributed by atoms with E-state index in [9.17, 15) is 4.57 Å². The molecule has 110 valence electrons. The molecule has 0 fully saturated rings. The lowest BCUT2D eigenvalue weighted by Gasteiger charge is -2.30. The second kappa shape index (κ2) is 9.41. The smallest absolute Gasteiger partial charge is 0.257 e. The van der Waals surface area contributed by atoms with Gasteiger partial charge in [0.05, 0.1) is 6.61 Å². The van der Waals surface area contributed by atoms with Crippen molar-refractivity contribution in [3.05, 3.63) is 0 Å². The molecular weight excluding hydrogens is 265 g/mol. The molecule has 0 aliphatic carbocycles. The Kier molecular flexibility index (Phi) is 9.67. The van der Waals surface area contributed by atoms with Gasteiger partial charge in [0.1, 0.15) is 0 Å². The number of hydrogen-bond acceptors (Lipinski definition) is 4. The van der Waals surface area contributed by atoms with E-state index in [2.05, 4.69) is 39.5 Å². The second-order valence-electron chi connectivity index (χ2n) is 5.01. The van der Waals surface area contributed by atoms with E-state index in [1.54, 1.807) is 0 Å². The zero-order valence-corrected chi connectivity index (χ0v) is 14.5. The van der Waals surface area contributed by atoms with Crippen LogP contribution >= 0.6 is 18.0 Å². The van der Waals surface area contributed by atoms with Gasteiger partial charge in [-0.2, -0.15) is 0 Å². The molecule has 0 amide bonds. The number of rotatable bonds is 10. The summed E-state index contributed by atoms with van der Waals surface area (Å²) in [6.07, 6.45) is 1.61. The quantitative estimate of drug-likeness (QED) is 0.556. The maximum absolute atomic E-state index is 12.5. The molecule has 3 nitrogen and oxygen atoms in total. The van der Waals surface area contributed by atoms with E-state index in [1.165, 1.54) is 11.4 Å². The predicted molar refractivity (Wildman–Crippen MR) is 83.8 cm³/mol. The van der Waals surface area contributed by atoms with Gasteiger partial charge in [-0.25, -0.2) is 0 Å². The third-order valence-electron chi connectivity index (χ3n) is 2.79. The normalized spacial score (nSPS) is 15.6. The molecule has 0 radical (unpaired) electrons. The zero-order valence-electron chi connectivity index (χ0n) is 12.8. The molecule has 1 unspecified atom stereocenters. The fraction of sp³-hybridized carbons (Fsp3) is 1.00. The maximum atomic E-state index is 12.5. The van der Waals surface area contributed by atoms with Crippen molar-refractivity contribution >= 4 is 18.0 Å². The molecule has 0 spiro atoms. The van der Waals surface area contributed by atoms with E-state index in [4.69, 9.17) is 4.52 Å². The van der Waals surface area contributed by atoms with E-state index in [0.29, 0.717) is 24.9 Å². The summed E-state index contributed by atoms with van der Waals surface area (Å²) in [6.45, 7) is 11.9. The minimum Gasteiger partial charge on any atom is -0.321 e. The third-order valence-corrected chi connectivity index (χ3v) is 7.78. The van der Waals surface area contributed by atoms with Crippen molar-refractivity contribution in [3.8, 4) is 0 Å². The van der Waals surface area contributed by atoms with Crippen LogP contribution in [0.25, 0.3) is 0 Å². The molecule has 0 N–H and O–H groups in total. The number of hydrogen-bond donors (Lipinski definition) is 0. The monoisotopic (exact) mass is 295 g/mol. The fourth-order valence-electron chi connectivity index (χ4n) is 2.03. The highest BCUT2D eigenvalue weighted by molar-refractivity contribution is 8.56. The highest BCUT2D eigenvalue weighted by Gasteiger charge is 2.23. The van der Waals surface area contributed by atoms with E-state index < -0.39 is 6.57 Å². The highest BCUT2D eigenvalue weighted by atomic mass is 32.7. The van der Waals surface area contributed by atoms with Crippen LogP contribution in [0.2, 0.25) is 0 Å². The first kappa shape index (κ1) is 18.5. The van der Waals surface area contributed by atoms with Crippen LogP contribution in [0.3, 0.4) is 0 Å². The Bertz CT molecular complexity index is 241. The fourth-order valence-corrected chi connectivity index (χ4v) is 6.43. The van der Waals surface area contributed by atoms with Crippen molar-refractivity contribution in [1.82, 2.24) is 4.90 Å². The van der Waals surface area contributed by atoms with Crippen molar-refractivity contribution < 1.29 is 9.09 Å². The Hall–Kier alpha value is 0.500. The Morgan fingerprint density at radius 2 is 1.72 bits per heavy atom. The van der Waals surface area contributed by atoms with Crippen LogP contribution in [0.1, 0.15) is 48.0 Å². The van der Waals surface area contributed by atoms with Crippen molar-refractivity contribution in [2.45, 2.75) is 60.0 Å². The standard InChI is InChI=1S/C13H30NO2PS/c1-7-10-17(15,16-8-2)18-11-9-14(12(3)4)13(5)6/h12-13H,7-11H2,1-6H3. The summed E-state index contributed by atoms with van der Waals surface area (Å²) in [5, 5.41) is 0. The van der Waals surface area contributed by atoms with Gasteiger partial charge in [-0.15, -0.1) is 0 Å². The van der Waals surface area contributed by atoms with Gasteiger partial charge in [0.15, 0.2) is 0 Å². The van der Waals surface area contributed by atoms with Gasteiger partial charge in [-0.05, 0) is 41.0 Å². The van der Waals surface area contributed by atoms with Crippen LogP contribution < -0.4 is 0 Å². The molecule has 0 saturated carbocycles. The number of nitrogens with zero attached hydrogens (tertiary/aromatic N) is 1. The molecule has 0 aliphatic heterocycles. The van der Waals surface area contributed by atoms with Gasteiger partial charge in [0.25, 0.3) is 6.57 Å². The zero-order chi connectivity index (χ0) is 14.2. The van der Waals surface area contributed by atoms with Gasteiger partial charge in [0, 0.05) is 30.5 Å². The van der Waals surface area contributed by atoms with Gasteiger partial charge < -0.3 is 4.52 Å². The Morgan fingerprint density at radius 3 is 2.11 bits per heavy atom. The first-order valence-corrected chi connectivity index (χ1v) is 10.4. The first-order valence-electron chi connectivity index (χ1n) is 7.00. The van der Waals surface area contributed by atoms with E-state index in [0.717, 1.165) is 18.7 Å². The maximum Gasteiger partial charge on any atom is 0.257 e. The second-order valence-corrected chi connectivity index (χ2v) is 10.0. The molecule has 5 heteroatoms. The van der Waals surface area contributed by atoms with Crippen LogP contribution in [-0.2, 0) is 9.09 Å². The van der Waals surface area contributed by atoms with Crippen LogP contribution in [-0.4, -0.2) is 42.0 Å². The van der Waals surface area contributed by atoms with E-state index in [-0.39, 0.29) is 0 Å². The summed E-state index contributed by atoms with van der Waals surface area (Å²) in [4.78, 5) is 2.43. The van der Waals surface area contributed by atoms with Gasteiger partial charge in [0.2, 0.25) is 0 Å². The van der Waals surface area contributed by atoms with Crippen molar-refractivity contribution in [2.75, 3.05) is 25.1 Å². The molecular formula is C13H30NO2PS. The molecule has 0 aromatic carbocycles. The third kappa shape index (κ3) is 7.18. The topological polar surface area (TPSA) is 29.5 Å². The Labute approximate surface area is 117 Å². The molecule has 18 heavy (non-hydrogen) atoms. The predicted octanol–water partition coefficient (Wildman–Crippen LogP) is 4.48. The van der Waals surface area contributed by atoms with E-state index >= 15 is 0 Å². The van der Waals surface area contributed by atoms with Crippen LogP contribution in [0.4, 0.5) is 0 Å². The molecule has 0 heterocycles. The van der Waals surface area contributed by atoms with Crippen LogP contribution in [0, 0.1) is 0 Å². The summed E-state index contributed by atoms with van der Waals surface area (Å²) >= 11 is 1.53. The average Bonchev–Trinajstić information content (AvgIpc) is 2.24. The minimum absolute atomic E-state index is 0.531. The first-order chi connectivity index (χ1) is 8.36. The summed E-state index contributed by atoms with van der Waals surface area (Å²) in [7, 11) is 0. The van der Waals surface area contributed by atoms with Crippen molar-refractivity contribution in [2.24, 2.45) is 0 Å². The largest absolute Gasteiger partial charge is 0.321 e. The van der Waals surface area contributed by atoms with Crippen LogP contribution in [0.5, 0.6) is 0 Å². The molecule has 0 aromatic rings. The minimum atomic E-state index is -2.45. The van der Waals surface area contributed by atoms with Gasteiger partial charge in [-0.3, -0.25) is 9.46 Å². The van der Waals surface area contributed by atoms with E-state index in [1.807, 2.05) is 6.92 Å². The van der Waals surface area contributed by atoms with Crippen LogP contribution in [0.15, 0.2) is 0 Å². The van der Waals surface area contributed by atoms with Gasteiger partial charge >= 0.3 is 0 Å².